The minimum Gasteiger partial charge on any atom is -0.295 e. The molecule has 0 unspecified atom stereocenters. The van der Waals surface area contributed by atoms with Crippen molar-refractivity contribution in [3.63, 3.8) is 0 Å². The minimum atomic E-state index is -0.792. The highest BCUT2D eigenvalue weighted by Crippen LogP contribution is 2.72. The molecule has 2 aliphatic heterocycles. The van der Waals surface area contributed by atoms with Gasteiger partial charge in [0, 0.05) is 22.8 Å². The monoisotopic (exact) mass is 456 g/mol. The predicted octanol–water partition coefficient (Wildman–Crippen LogP) is 6.21. The van der Waals surface area contributed by atoms with Crippen LogP contribution in [0.3, 0.4) is 0 Å². The van der Waals surface area contributed by atoms with Crippen LogP contribution in [0.1, 0.15) is 80.1 Å². The topological polar surface area (TPSA) is 65.0 Å². The van der Waals surface area contributed by atoms with E-state index in [1.807, 2.05) is 0 Å². The molecular weight excluding hydrogens is 416 g/mol. The zero-order valence-corrected chi connectivity index (χ0v) is 21.0. The highest BCUT2D eigenvalue weighted by Gasteiger charge is 2.75. The molecule has 5 heteroatoms. The molecule has 0 aromatic rings. The Bertz CT molecular complexity index is 933. The van der Waals surface area contributed by atoms with Crippen LogP contribution >= 0.6 is 0 Å². The lowest BCUT2D eigenvalue weighted by atomic mass is 9.45. The summed E-state index contributed by atoms with van der Waals surface area (Å²) in [6, 6.07) is 0. The van der Waals surface area contributed by atoms with Gasteiger partial charge in [-0.25, -0.2) is 14.7 Å². The molecule has 0 radical (unpaired) electrons. The number of rotatable bonds is 5. The second-order valence-corrected chi connectivity index (χ2v) is 12.2. The van der Waals surface area contributed by atoms with Crippen LogP contribution in [-0.2, 0) is 19.5 Å². The number of allylic oxidation sites excluding steroid dienone is 3. The molecule has 2 heterocycles. The average molecular weight is 457 g/mol. The van der Waals surface area contributed by atoms with E-state index in [0.717, 1.165) is 43.3 Å². The quantitative estimate of drug-likeness (QED) is 0.302. The molecule has 2 saturated carbocycles. The number of carbonyl (C=O) groups excluding carboxylic acids is 1. The first-order chi connectivity index (χ1) is 15.5. The van der Waals surface area contributed by atoms with Gasteiger partial charge in [-0.05, 0) is 73.5 Å². The van der Waals surface area contributed by atoms with Gasteiger partial charge in [-0.15, -0.1) is 0 Å². The Labute approximate surface area is 198 Å². The smallest absolute Gasteiger partial charge is 0.155 e. The van der Waals surface area contributed by atoms with E-state index < -0.39 is 17.3 Å². The van der Waals surface area contributed by atoms with E-state index in [0.29, 0.717) is 30.1 Å². The molecule has 8 atom stereocenters. The van der Waals surface area contributed by atoms with Gasteiger partial charge < -0.3 is 0 Å². The Hall–Kier alpha value is -1.27. The molecule has 33 heavy (non-hydrogen) atoms. The third-order valence-corrected chi connectivity index (χ3v) is 10.6. The van der Waals surface area contributed by atoms with Crippen molar-refractivity contribution >= 4 is 5.78 Å². The summed E-state index contributed by atoms with van der Waals surface area (Å²) >= 11 is 0. The number of ketones is 1. The van der Waals surface area contributed by atoms with Crippen molar-refractivity contribution in [3.05, 3.63) is 35.5 Å². The Morgan fingerprint density at radius 3 is 2.58 bits per heavy atom. The molecule has 0 amide bonds. The van der Waals surface area contributed by atoms with Crippen LogP contribution in [0.25, 0.3) is 0 Å². The van der Waals surface area contributed by atoms with Gasteiger partial charge in [0.15, 0.2) is 5.78 Å². The molecule has 6 rings (SSSR count). The van der Waals surface area contributed by atoms with Gasteiger partial charge in [0.1, 0.15) is 17.3 Å². The molecule has 5 nitrogen and oxygen atoms in total. The van der Waals surface area contributed by atoms with E-state index in [-0.39, 0.29) is 16.6 Å². The van der Waals surface area contributed by atoms with Crippen LogP contribution in [0.5, 0.6) is 0 Å². The maximum atomic E-state index is 12.3. The van der Waals surface area contributed by atoms with Crippen LogP contribution in [-0.4, -0.2) is 28.3 Å². The van der Waals surface area contributed by atoms with Crippen LogP contribution in [0.4, 0.5) is 0 Å². The summed E-state index contributed by atoms with van der Waals surface area (Å²) in [4.78, 5) is 29.9. The summed E-state index contributed by atoms with van der Waals surface area (Å²) in [6.07, 6.45) is 12.9. The molecule has 2 bridgehead atoms. The summed E-state index contributed by atoms with van der Waals surface area (Å²) in [6.45, 7) is 13.6. The van der Waals surface area contributed by atoms with E-state index in [4.69, 9.17) is 14.7 Å². The minimum absolute atomic E-state index is 0.163. The normalized spacial score (nSPS) is 46.0. The van der Waals surface area contributed by atoms with E-state index >= 15 is 0 Å². The lowest BCUT2D eigenvalue weighted by Gasteiger charge is -2.66. The predicted molar refractivity (Wildman–Crippen MR) is 126 cm³/mol. The third-order valence-electron chi connectivity index (χ3n) is 10.6. The van der Waals surface area contributed by atoms with E-state index in [2.05, 4.69) is 59.8 Å². The summed E-state index contributed by atoms with van der Waals surface area (Å²) in [5.41, 5.74) is 0.0486. The largest absolute Gasteiger partial charge is 0.295 e. The maximum absolute atomic E-state index is 12.3. The number of carbonyl (C=O) groups is 1. The summed E-state index contributed by atoms with van der Waals surface area (Å²) in [5.74, 6) is 2.11. The van der Waals surface area contributed by atoms with Crippen molar-refractivity contribution in [1.82, 2.24) is 0 Å². The summed E-state index contributed by atoms with van der Waals surface area (Å²) in [7, 11) is 0. The highest BCUT2D eigenvalue weighted by molar-refractivity contribution is 5.92. The lowest BCUT2D eigenvalue weighted by molar-refractivity contribution is -0.438. The average Bonchev–Trinajstić information content (AvgIpc) is 3.11. The van der Waals surface area contributed by atoms with Gasteiger partial charge >= 0.3 is 0 Å². The third kappa shape index (κ3) is 2.89. The first-order valence-electron chi connectivity index (χ1n) is 12.9. The Kier molecular flexibility index (Phi) is 5.41. The maximum Gasteiger partial charge on any atom is 0.155 e. The molecular formula is C28H40O5. The van der Waals surface area contributed by atoms with E-state index in [9.17, 15) is 10.1 Å². The van der Waals surface area contributed by atoms with Gasteiger partial charge in [-0.2, -0.15) is 0 Å². The number of hydrogen-bond acceptors (Lipinski definition) is 5. The molecule has 4 aliphatic carbocycles. The lowest BCUT2D eigenvalue weighted by Crippen LogP contribution is -2.70. The fourth-order valence-electron chi connectivity index (χ4n) is 7.97. The number of hydrogen-bond donors (Lipinski definition) is 1. The van der Waals surface area contributed by atoms with Crippen molar-refractivity contribution in [3.8, 4) is 0 Å². The van der Waals surface area contributed by atoms with Crippen molar-refractivity contribution < 1.29 is 24.7 Å². The van der Waals surface area contributed by atoms with Crippen molar-refractivity contribution in [1.29, 1.82) is 0 Å². The summed E-state index contributed by atoms with van der Waals surface area (Å²) < 4.78 is 0. The highest BCUT2D eigenvalue weighted by atomic mass is 17.2. The first kappa shape index (κ1) is 23.5. The van der Waals surface area contributed by atoms with Crippen molar-refractivity contribution in [2.24, 2.45) is 34.5 Å². The van der Waals surface area contributed by atoms with Crippen molar-refractivity contribution in [2.75, 3.05) is 0 Å². The molecule has 0 aromatic heterocycles. The Morgan fingerprint density at radius 1 is 1.12 bits per heavy atom. The molecule has 1 saturated heterocycles. The molecule has 3 fully saturated rings. The Balaban J connectivity index is 1.55. The number of fused-ring (bicyclic) bond motifs is 2. The van der Waals surface area contributed by atoms with Gasteiger partial charge in [-0.1, -0.05) is 53.7 Å². The molecule has 1 N–H and O–H groups in total. The van der Waals surface area contributed by atoms with Crippen LogP contribution < -0.4 is 0 Å². The van der Waals surface area contributed by atoms with E-state index in [1.54, 1.807) is 6.08 Å². The fraction of sp³-hybridized carbons (Fsp3) is 0.750. The SMILES string of the molecule is CC(C)[C@@H](C)/C=C/[C@@H](C)[C@H]1CC[C@@]2(OO)C3=C[C@H]4OO[C@@]3(CC[C@]12C)[C@@]1(C)CCC(=O)C=C41. The van der Waals surface area contributed by atoms with Gasteiger partial charge in [0.2, 0.25) is 0 Å². The molecule has 6 aliphatic rings. The molecule has 0 aromatic carbocycles. The first-order valence-corrected chi connectivity index (χ1v) is 12.9. The second kappa shape index (κ2) is 7.61. The van der Waals surface area contributed by atoms with Gasteiger partial charge in [0.25, 0.3) is 0 Å². The summed E-state index contributed by atoms with van der Waals surface area (Å²) in [5, 5.41) is 10.6. The van der Waals surface area contributed by atoms with E-state index in [1.165, 1.54) is 0 Å². The van der Waals surface area contributed by atoms with Crippen LogP contribution in [0.15, 0.2) is 35.5 Å². The van der Waals surface area contributed by atoms with Gasteiger partial charge in [-0.3, -0.25) is 10.1 Å². The zero-order valence-electron chi connectivity index (χ0n) is 21.0. The Morgan fingerprint density at radius 2 is 1.88 bits per heavy atom. The van der Waals surface area contributed by atoms with Crippen molar-refractivity contribution in [2.45, 2.75) is 97.4 Å². The van der Waals surface area contributed by atoms with Crippen LogP contribution in [0.2, 0.25) is 0 Å². The molecule has 1 spiro atoms. The fourth-order valence-corrected chi connectivity index (χ4v) is 7.97. The second-order valence-electron chi connectivity index (χ2n) is 12.2. The standard InChI is InChI=1S/C28H40O5/c1-17(2)18(3)7-8-19(4)21-10-12-27(32-30)24-16-23-22-15-20(29)9-11-25(22,5)28(24,33-31-23)14-13-26(21,27)6/h7-8,15-19,21,23,30H,9-14H2,1-6H3/b8-7+/t18-,19+,21+,23+,25-,26+,27+,28+/m0/s1. The van der Waals surface area contributed by atoms with Crippen LogP contribution in [0, 0.1) is 34.5 Å². The van der Waals surface area contributed by atoms with Gasteiger partial charge in [0.05, 0.1) is 0 Å². The molecule has 182 valence electrons. The zero-order chi connectivity index (χ0) is 23.8.